The first-order valence-electron chi connectivity index (χ1n) is 9.24. The van der Waals surface area contributed by atoms with Crippen LogP contribution < -0.4 is 5.32 Å². The van der Waals surface area contributed by atoms with Crippen LogP contribution in [-0.4, -0.2) is 69.4 Å². The third-order valence-corrected chi connectivity index (χ3v) is 4.52. The Hall–Kier alpha value is -2.61. The van der Waals surface area contributed by atoms with Crippen molar-refractivity contribution in [3.05, 3.63) is 35.5 Å². The molecule has 0 aromatic carbocycles. The normalized spacial score (nSPS) is 17.2. The maximum atomic E-state index is 12.4. The summed E-state index contributed by atoms with van der Waals surface area (Å²) in [7, 11) is 3.82. The standard InChI is InChI=1S/C19H27N7O/c1-13-8-14(2)22-19(21-13)24-17-10-20-9-16(23-17)15-6-5-7-26(11-15)18(27)12-25(3)4/h8-10,15H,5-7,11-12H2,1-4H3,(H,21,22,23,24)/t15-/m0/s1. The van der Waals surface area contributed by atoms with Crippen molar-refractivity contribution in [3.63, 3.8) is 0 Å². The molecule has 3 rings (SSSR count). The summed E-state index contributed by atoms with van der Waals surface area (Å²) in [6.45, 7) is 5.80. The number of piperidine rings is 1. The maximum absolute atomic E-state index is 12.4. The van der Waals surface area contributed by atoms with Crippen molar-refractivity contribution in [2.24, 2.45) is 0 Å². The van der Waals surface area contributed by atoms with E-state index in [0.717, 1.165) is 36.5 Å². The fourth-order valence-corrected chi connectivity index (χ4v) is 3.35. The number of carbonyl (C=O) groups excluding carboxylic acids is 1. The summed E-state index contributed by atoms with van der Waals surface area (Å²) in [6.07, 6.45) is 5.44. The minimum absolute atomic E-state index is 0.163. The summed E-state index contributed by atoms with van der Waals surface area (Å²) >= 11 is 0. The monoisotopic (exact) mass is 369 g/mol. The smallest absolute Gasteiger partial charge is 0.236 e. The molecule has 0 aliphatic carbocycles. The number of likely N-dealkylation sites (N-methyl/N-ethyl adjacent to an activating group) is 1. The van der Waals surface area contributed by atoms with Crippen LogP contribution in [0.3, 0.4) is 0 Å². The first-order valence-corrected chi connectivity index (χ1v) is 9.24. The van der Waals surface area contributed by atoms with Gasteiger partial charge >= 0.3 is 0 Å². The summed E-state index contributed by atoms with van der Waals surface area (Å²) in [5, 5.41) is 3.14. The Morgan fingerprint density at radius 3 is 2.67 bits per heavy atom. The summed E-state index contributed by atoms with van der Waals surface area (Å²) in [5.41, 5.74) is 2.69. The molecule has 144 valence electrons. The van der Waals surface area contributed by atoms with Crippen LogP contribution in [0.25, 0.3) is 0 Å². The lowest BCUT2D eigenvalue weighted by molar-refractivity contribution is -0.133. The van der Waals surface area contributed by atoms with Crippen LogP contribution in [0.15, 0.2) is 18.5 Å². The summed E-state index contributed by atoms with van der Waals surface area (Å²) in [6, 6.07) is 1.93. The predicted octanol–water partition coefficient (Wildman–Crippen LogP) is 1.89. The van der Waals surface area contributed by atoms with Crippen molar-refractivity contribution >= 4 is 17.7 Å². The van der Waals surface area contributed by atoms with Crippen molar-refractivity contribution in [2.45, 2.75) is 32.6 Å². The highest BCUT2D eigenvalue weighted by Gasteiger charge is 2.26. The Bertz CT molecular complexity index is 788. The van der Waals surface area contributed by atoms with Gasteiger partial charge in [0.15, 0.2) is 5.82 Å². The number of aromatic nitrogens is 4. The van der Waals surface area contributed by atoms with Crippen LogP contribution in [0.4, 0.5) is 11.8 Å². The zero-order chi connectivity index (χ0) is 19.4. The number of hydrogen-bond acceptors (Lipinski definition) is 7. The van der Waals surface area contributed by atoms with Gasteiger partial charge in [-0.2, -0.15) is 0 Å². The van der Waals surface area contributed by atoms with Gasteiger partial charge in [-0.25, -0.2) is 15.0 Å². The maximum Gasteiger partial charge on any atom is 0.236 e. The van der Waals surface area contributed by atoms with Gasteiger partial charge in [0.1, 0.15) is 0 Å². The summed E-state index contributed by atoms with van der Waals surface area (Å²) in [5.74, 6) is 1.49. The molecule has 1 saturated heterocycles. The van der Waals surface area contributed by atoms with Crippen molar-refractivity contribution in [2.75, 3.05) is 39.0 Å². The molecule has 3 heterocycles. The van der Waals surface area contributed by atoms with Gasteiger partial charge in [-0.05, 0) is 46.9 Å². The highest BCUT2D eigenvalue weighted by atomic mass is 16.2. The molecule has 0 bridgehead atoms. The predicted molar refractivity (Wildman–Crippen MR) is 104 cm³/mol. The Labute approximate surface area is 160 Å². The molecule has 8 heteroatoms. The van der Waals surface area contributed by atoms with E-state index in [1.807, 2.05) is 43.8 Å². The molecule has 8 nitrogen and oxygen atoms in total. The fraction of sp³-hybridized carbons (Fsp3) is 0.526. The number of aryl methyl sites for hydroxylation is 2. The van der Waals surface area contributed by atoms with E-state index >= 15 is 0 Å². The third kappa shape index (κ3) is 5.19. The summed E-state index contributed by atoms with van der Waals surface area (Å²) in [4.78, 5) is 34.0. The number of amides is 1. The average molecular weight is 369 g/mol. The number of nitrogens with zero attached hydrogens (tertiary/aromatic N) is 6. The van der Waals surface area contributed by atoms with E-state index in [0.29, 0.717) is 24.9 Å². The number of likely N-dealkylation sites (tertiary alicyclic amines) is 1. The second-order valence-corrected chi connectivity index (χ2v) is 7.35. The minimum Gasteiger partial charge on any atom is -0.341 e. The van der Waals surface area contributed by atoms with Gasteiger partial charge < -0.3 is 15.1 Å². The van der Waals surface area contributed by atoms with Gasteiger partial charge in [0.05, 0.1) is 18.4 Å². The molecule has 1 atom stereocenters. The Morgan fingerprint density at radius 1 is 1.22 bits per heavy atom. The number of nitrogens with one attached hydrogen (secondary N) is 1. The Balaban J connectivity index is 1.72. The van der Waals surface area contributed by atoms with Crippen molar-refractivity contribution in [3.8, 4) is 0 Å². The molecule has 27 heavy (non-hydrogen) atoms. The third-order valence-electron chi connectivity index (χ3n) is 4.52. The quantitative estimate of drug-likeness (QED) is 0.861. The molecule has 2 aromatic rings. The van der Waals surface area contributed by atoms with Crippen LogP contribution in [0.2, 0.25) is 0 Å². The molecule has 1 aliphatic heterocycles. The van der Waals surface area contributed by atoms with E-state index in [4.69, 9.17) is 4.98 Å². The molecule has 2 aromatic heterocycles. The molecular weight excluding hydrogens is 342 g/mol. The number of anilines is 2. The lowest BCUT2D eigenvalue weighted by Gasteiger charge is -2.33. The van der Waals surface area contributed by atoms with Gasteiger partial charge in [-0.3, -0.25) is 9.78 Å². The second kappa shape index (κ2) is 8.39. The van der Waals surface area contributed by atoms with E-state index < -0.39 is 0 Å². The highest BCUT2D eigenvalue weighted by Crippen LogP contribution is 2.26. The molecule has 0 saturated carbocycles. The molecule has 1 N–H and O–H groups in total. The topological polar surface area (TPSA) is 87.1 Å². The van der Waals surface area contributed by atoms with Crippen LogP contribution in [0.5, 0.6) is 0 Å². The van der Waals surface area contributed by atoms with E-state index in [1.165, 1.54) is 0 Å². The molecule has 1 amide bonds. The largest absolute Gasteiger partial charge is 0.341 e. The molecule has 1 aliphatic rings. The number of hydrogen-bond donors (Lipinski definition) is 1. The second-order valence-electron chi connectivity index (χ2n) is 7.35. The number of rotatable bonds is 5. The van der Waals surface area contributed by atoms with Gasteiger partial charge in [0.25, 0.3) is 0 Å². The first kappa shape index (κ1) is 19.2. The lowest BCUT2D eigenvalue weighted by atomic mass is 9.95. The average Bonchev–Trinajstić information content (AvgIpc) is 2.60. The molecule has 0 unspecified atom stereocenters. The van der Waals surface area contributed by atoms with Crippen LogP contribution in [0.1, 0.15) is 35.8 Å². The molecule has 0 spiro atoms. The van der Waals surface area contributed by atoms with Crippen LogP contribution >= 0.6 is 0 Å². The van der Waals surface area contributed by atoms with E-state index in [2.05, 4.69) is 20.3 Å². The van der Waals surface area contributed by atoms with Crippen molar-refractivity contribution in [1.82, 2.24) is 29.7 Å². The zero-order valence-electron chi connectivity index (χ0n) is 16.4. The summed E-state index contributed by atoms with van der Waals surface area (Å²) < 4.78 is 0. The van der Waals surface area contributed by atoms with Crippen molar-refractivity contribution in [1.29, 1.82) is 0 Å². The molecular formula is C19H27N7O. The van der Waals surface area contributed by atoms with Gasteiger partial charge in [-0.15, -0.1) is 0 Å². The van der Waals surface area contributed by atoms with E-state index in [1.54, 1.807) is 12.4 Å². The SMILES string of the molecule is Cc1cc(C)nc(Nc2cncc([C@H]3CCCN(C(=O)CN(C)C)C3)n2)n1. The fourth-order valence-electron chi connectivity index (χ4n) is 3.35. The Kier molecular flexibility index (Phi) is 5.95. The van der Waals surface area contributed by atoms with E-state index in [9.17, 15) is 4.79 Å². The molecule has 1 fully saturated rings. The minimum atomic E-state index is 0.163. The van der Waals surface area contributed by atoms with Crippen molar-refractivity contribution < 1.29 is 4.79 Å². The van der Waals surface area contributed by atoms with E-state index in [-0.39, 0.29) is 11.8 Å². The van der Waals surface area contributed by atoms with Crippen LogP contribution in [-0.2, 0) is 4.79 Å². The number of carbonyl (C=O) groups is 1. The van der Waals surface area contributed by atoms with Gasteiger partial charge in [-0.1, -0.05) is 0 Å². The van der Waals surface area contributed by atoms with Gasteiger partial charge in [0, 0.05) is 36.6 Å². The van der Waals surface area contributed by atoms with Crippen LogP contribution in [0, 0.1) is 13.8 Å². The molecule has 0 radical (unpaired) electrons. The van der Waals surface area contributed by atoms with Gasteiger partial charge in [0.2, 0.25) is 11.9 Å². The zero-order valence-corrected chi connectivity index (χ0v) is 16.4. The first-order chi connectivity index (χ1) is 12.9. The lowest BCUT2D eigenvalue weighted by Crippen LogP contribution is -2.43. The Morgan fingerprint density at radius 2 is 1.96 bits per heavy atom. The highest BCUT2D eigenvalue weighted by molar-refractivity contribution is 5.78.